The van der Waals surface area contributed by atoms with Crippen molar-refractivity contribution in [2.75, 3.05) is 14.1 Å². The van der Waals surface area contributed by atoms with E-state index in [0.717, 1.165) is 6.54 Å². The van der Waals surface area contributed by atoms with Crippen LogP contribution in [0.3, 0.4) is 0 Å². The molecule has 0 aliphatic heterocycles. The molecule has 82 valence electrons. The molecule has 0 N–H and O–H groups in total. The molecule has 0 aromatic heterocycles. The first-order chi connectivity index (χ1) is 7.00. The Hall–Kier alpha value is -1.08. The van der Waals surface area contributed by atoms with E-state index in [9.17, 15) is 0 Å². The van der Waals surface area contributed by atoms with Gasteiger partial charge in [-0.1, -0.05) is 44.7 Å². The van der Waals surface area contributed by atoms with Crippen molar-refractivity contribution in [1.29, 1.82) is 0 Å². The van der Waals surface area contributed by atoms with Crippen LogP contribution in [0.4, 0.5) is 0 Å². The van der Waals surface area contributed by atoms with Gasteiger partial charge in [-0.3, -0.25) is 0 Å². The maximum atomic E-state index is 4.10. The minimum Gasteiger partial charge on any atom is -0.305 e. The number of allylic oxidation sites excluding steroid dienone is 1. The van der Waals surface area contributed by atoms with E-state index < -0.39 is 0 Å². The summed E-state index contributed by atoms with van der Waals surface area (Å²) in [7, 11) is 4.17. The molecule has 1 heteroatoms. The number of rotatable bonds is 4. The van der Waals surface area contributed by atoms with Gasteiger partial charge in [0.2, 0.25) is 0 Å². The zero-order valence-corrected chi connectivity index (χ0v) is 10.2. The van der Waals surface area contributed by atoms with Crippen LogP contribution in [0.5, 0.6) is 0 Å². The lowest BCUT2D eigenvalue weighted by molar-refractivity contribution is 0.402. The Morgan fingerprint density at radius 1 is 1.20 bits per heavy atom. The molecule has 1 rings (SSSR count). The minimum atomic E-state index is 0.518. The standard InChI is InChI=1S/C14H21N/c1-11(2)12(3)14-8-6-13(7-9-14)10-15(4)5/h6-9,11H,3,10H2,1-2,4-5H3. The molecule has 0 heterocycles. The molecule has 0 unspecified atom stereocenters. The fourth-order valence-electron chi connectivity index (χ4n) is 1.52. The molecule has 0 fully saturated rings. The fraction of sp³-hybridized carbons (Fsp3) is 0.429. The molecule has 0 aliphatic rings. The zero-order valence-electron chi connectivity index (χ0n) is 10.2. The first-order valence-corrected chi connectivity index (χ1v) is 5.43. The van der Waals surface area contributed by atoms with Gasteiger partial charge in [-0.25, -0.2) is 0 Å². The monoisotopic (exact) mass is 203 g/mol. The number of benzene rings is 1. The van der Waals surface area contributed by atoms with Crippen LogP contribution in [-0.2, 0) is 6.54 Å². The Bertz CT molecular complexity index is 320. The van der Waals surface area contributed by atoms with Gasteiger partial charge >= 0.3 is 0 Å². The van der Waals surface area contributed by atoms with Crippen LogP contribution in [0.25, 0.3) is 5.57 Å². The van der Waals surface area contributed by atoms with Crippen LogP contribution >= 0.6 is 0 Å². The van der Waals surface area contributed by atoms with Crippen LogP contribution in [0, 0.1) is 5.92 Å². The lowest BCUT2D eigenvalue weighted by atomic mass is 9.96. The van der Waals surface area contributed by atoms with Gasteiger partial charge in [0.05, 0.1) is 0 Å². The van der Waals surface area contributed by atoms with Crippen LogP contribution in [0.15, 0.2) is 30.8 Å². The summed E-state index contributed by atoms with van der Waals surface area (Å²) in [4.78, 5) is 2.17. The largest absolute Gasteiger partial charge is 0.305 e. The molecule has 1 nitrogen and oxygen atoms in total. The fourth-order valence-corrected chi connectivity index (χ4v) is 1.52. The highest BCUT2D eigenvalue weighted by molar-refractivity contribution is 5.64. The predicted molar refractivity (Wildman–Crippen MR) is 67.7 cm³/mol. The average molecular weight is 203 g/mol. The SMILES string of the molecule is C=C(c1ccc(CN(C)C)cc1)C(C)C. The molecule has 0 saturated heterocycles. The van der Waals surface area contributed by atoms with Gasteiger partial charge in [-0.15, -0.1) is 0 Å². The van der Waals surface area contributed by atoms with E-state index in [0.29, 0.717) is 5.92 Å². The van der Waals surface area contributed by atoms with Gasteiger partial charge in [-0.2, -0.15) is 0 Å². The highest BCUT2D eigenvalue weighted by Gasteiger charge is 2.03. The van der Waals surface area contributed by atoms with E-state index in [1.54, 1.807) is 0 Å². The summed E-state index contributed by atoms with van der Waals surface area (Å²) in [5.41, 5.74) is 3.82. The van der Waals surface area contributed by atoms with E-state index in [1.165, 1.54) is 16.7 Å². The van der Waals surface area contributed by atoms with Gasteiger partial charge < -0.3 is 4.90 Å². The first-order valence-electron chi connectivity index (χ1n) is 5.43. The molecule has 15 heavy (non-hydrogen) atoms. The number of hydrogen-bond acceptors (Lipinski definition) is 1. The van der Waals surface area contributed by atoms with E-state index in [4.69, 9.17) is 0 Å². The Balaban J connectivity index is 2.76. The summed E-state index contributed by atoms with van der Waals surface area (Å²) in [6.07, 6.45) is 0. The lowest BCUT2D eigenvalue weighted by Crippen LogP contribution is -2.10. The molecule has 0 saturated carbocycles. The van der Waals surface area contributed by atoms with Crippen molar-refractivity contribution in [3.63, 3.8) is 0 Å². The molecular weight excluding hydrogens is 182 g/mol. The Morgan fingerprint density at radius 2 is 1.73 bits per heavy atom. The second-order valence-corrected chi connectivity index (χ2v) is 4.61. The maximum Gasteiger partial charge on any atom is 0.0227 e. The summed E-state index contributed by atoms with van der Waals surface area (Å²) in [6.45, 7) is 9.45. The molecule has 0 aliphatic carbocycles. The van der Waals surface area contributed by atoms with E-state index in [1.807, 2.05) is 0 Å². The van der Waals surface area contributed by atoms with E-state index >= 15 is 0 Å². The molecule has 0 radical (unpaired) electrons. The lowest BCUT2D eigenvalue weighted by Gasteiger charge is -2.12. The Labute approximate surface area is 93.4 Å². The quantitative estimate of drug-likeness (QED) is 0.724. The summed E-state index contributed by atoms with van der Waals surface area (Å²) >= 11 is 0. The Kier molecular flexibility index (Phi) is 4.10. The molecule has 1 aromatic carbocycles. The summed E-state index contributed by atoms with van der Waals surface area (Å²) in [6, 6.07) is 8.70. The van der Waals surface area contributed by atoms with Crippen LogP contribution in [0.1, 0.15) is 25.0 Å². The van der Waals surface area contributed by atoms with Crippen LogP contribution in [0.2, 0.25) is 0 Å². The third kappa shape index (κ3) is 3.52. The third-order valence-electron chi connectivity index (χ3n) is 2.52. The van der Waals surface area contributed by atoms with Crippen molar-refractivity contribution in [3.05, 3.63) is 42.0 Å². The van der Waals surface area contributed by atoms with E-state index in [-0.39, 0.29) is 0 Å². The van der Waals surface area contributed by atoms with Crippen molar-refractivity contribution < 1.29 is 0 Å². The smallest absolute Gasteiger partial charge is 0.0227 e. The summed E-state index contributed by atoms with van der Waals surface area (Å²) in [5.74, 6) is 0.518. The van der Waals surface area contributed by atoms with Crippen molar-refractivity contribution in [1.82, 2.24) is 4.90 Å². The topological polar surface area (TPSA) is 3.24 Å². The van der Waals surface area contributed by atoms with Crippen molar-refractivity contribution in [3.8, 4) is 0 Å². The van der Waals surface area contributed by atoms with Gasteiger partial charge in [-0.05, 0) is 36.7 Å². The highest BCUT2D eigenvalue weighted by Crippen LogP contribution is 2.21. The second-order valence-electron chi connectivity index (χ2n) is 4.61. The van der Waals surface area contributed by atoms with Gasteiger partial charge in [0, 0.05) is 6.54 Å². The number of nitrogens with zero attached hydrogens (tertiary/aromatic N) is 1. The van der Waals surface area contributed by atoms with Gasteiger partial charge in [0.15, 0.2) is 0 Å². The second kappa shape index (κ2) is 5.13. The maximum absolute atomic E-state index is 4.10. The molecule has 0 amide bonds. The van der Waals surface area contributed by atoms with Gasteiger partial charge in [0.1, 0.15) is 0 Å². The van der Waals surface area contributed by atoms with Crippen LogP contribution < -0.4 is 0 Å². The summed E-state index contributed by atoms with van der Waals surface area (Å²) in [5, 5.41) is 0. The first kappa shape index (κ1) is 12.0. The molecule has 1 aromatic rings. The van der Waals surface area contributed by atoms with Crippen LogP contribution in [-0.4, -0.2) is 19.0 Å². The van der Waals surface area contributed by atoms with Crippen molar-refractivity contribution >= 4 is 5.57 Å². The van der Waals surface area contributed by atoms with Crippen molar-refractivity contribution in [2.45, 2.75) is 20.4 Å². The normalized spacial score (nSPS) is 11.1. The van der Waals surface area contributed by atoms with Gasteiger partial charge in [0.25, 0.3) is 0 Å². The molecule has 0 bridgehead atoms. The predicted octanol–water partition coefficient (Wildman–Crippen LogP) is 3.42. The Morgan fingerprint density at radius 3 is 2.13 bits per heavy atom. The highest BCUT2D eigenvalue weighted by atomic mass is 15.0. The number of hydrogen-bond donors (Lipinski definition) is 0. The van der Waals surface area contributed by atoms with E-state index in [2.05, 4.69) is 63.7 Å². The zero-order chi connectivity index (χ0) is 11.4. The average Bonchev–Trinajstić information content (AvgIpc) is 2.17. The summed E-state index contributed by atoms with van der Waals surface area (Å²) < 4.78 is 0. The third-order valence-corrected chi connectivity index (χ3v) is 2.52. The minimum absolute atomic E-state index is 0.518. The molecular formula is C14H21N. The molecule has 0 atom stereocenters. The molecule has 0 spiro atoms. The van der Waals surface area contributed by atoms with Crippen molar-refractivity contribution in [2.24, 2.45) is 5.92 Å².